The van der Waals surface area contributed by atoms with Crippen LogP contribution in [-0.4, -0.2) is 54.5 Å². The van der Waals surface area contributed by atoms with Gasteiger partial charge in [-0.2, -0.15) is 13.2 Å². The third-order valence-corrected chi connectivity index (χ3v) is 3.64. The smallest absolute Gasteiger partial charge is 0.417 e. The highest BCUT2D eigenvalue weighted by Crippen LogP contribution is 2.32. The molecule has 0 unspecified atom stereocenters. The monoisotopic (exact) mass is 336 g/mol. The average Bonchev–Trinajstić information content (AvgIpc) is 2.50. The summed E-state index contributed by atoms with van der Waals surface area (Å²) in [6.07, 6.45) is -11.6. The van der Waals surface area contributed by atoms with Crippen LogP contribution in [0.2, 0.25) is 0 Å². The fourth-order valence-electron chi connectivity index (χ4n) is 2.40. The second-order valence-corrected chi connectivity index (χ2v) is 5.31. The van der Waals surface area contributed by atoms with Gasteiger partial charge in [-0.3, -0.25) is 0 Å². The zero-order valence-corrected chi connectivity index (χ0v) is 12.5. The zero-order valence-electron chi connectivity index (χ0n) is 12.5. The molecule has 130 valence electrons. The molecular formula is C15H19F3O5. The van der Waals surface area contributed by atoms with Crippen LogP contribution in [0.15, 0.2) is 24.3 Å². The highest BCUT2D eigenvalue weighted by Gasteiger charge is 2.51. The molecule has 1 heterocycles. The maximum atomic E-state index is 13.2. The Kier molecular flexibility index (Phi) is 5.85. The standard InChI is InChI=1S/C15H19F3O5/c1-21-10-4-2-3-9(7-10)8-23-14(15(16,17)18)13-12(20)11(19)5-6-22-13/h2-4,7,11-14,19-20H,5-6,8H2,1H3/t11-,12+,13+,14-/m1/s1. The van der Waals surface area contributed by atoms with E-state index in [9.17, 15) is 23.4 Å². The number of aliphatic hydroxyl groups is 2. The molecule has 1 saturated heterocycles. The van der Waals surface area contributed by atoms with E-state index in [2.05, 4.69) is 0 Å². The first-order valence-electron chi connectivity index (χ1n) is 7.12. The number of hydrogen-bond donors (Lipinski definition) is 2. The summed E-state index contributed by atoms with van der Waals surface area (Å²) in [4.78, 5) is 0. The fourth-order valence-corrected chi connectivity index (χ4v) is 2.40. The predicted molar refractivity (Wildman–Crippen MR) is 74.0 cm³/mol. The Morgan fingerprint density at radius 2 is 2.09 bits per heavy atom. The van der Waals surface area contributed by atoms with Crippen LogP contribution in [0.4, 0.5) is 13.2 Å². The Balaban J connectivity index is 2.10. The number of ether oxygens (including phenoxy) is 3. The average molecular weight is 336 g/mol. The quantitative estimate of drug-likeness (QED) is 0.856. The minimum absolute atomic E-state index is 0.0714. The van der Waals surface area contributed by atoms with E-state index in [0.29, 0.717) is 11.3 Å². The molecule has 1 fully saturated rings. The van der Waals surface area contributed by atoms with Gasteiger partial charge in [0.15, 0.2) is 6.10 Å². The second kappa shape index (κ2) is 7.48. The summed E-state index contributed by atoms with van der Waals surface area (Å²) in [7, 11) is 1.45. The Labute approximate surface area is 131 Å². The molecule has 1 aliphatic heterocycles. The summed E-state index contributed by atoms with van der Waals surface area (Å²) in [6.45, 7) is -0.401. The van der Waals surface area contributed by atoms with E-state index in [0.717, 1.165) is 0 Å². The summed E-state index contributed by atoms with van der Waals surface area (Å²) < 4.78 is 54.7. The summed E-state index contributed by atoms with van der Waals surface area (Å²) in [5.41, 5.74) is 0.490. The number of aliphatic hydroxyl groups excluding tert-OH is 2. The first-order chi connectivity index (χ1) is 10.8. The molecule has 0 bridgehead atoms. The van der Waals surface area contributed by atoms with Crippen molar-refractivity contribution < 1.29 is 37.6 Å². The van der Waals surface area contributed by atoms with Gasteiger partial charge in [0.2, 0.25) is 0 Å². The zero-order chi connectivity index (χ0) is 17.0. The van der Waals surface area contributed by atoms with Gasteiger partial charge in [0, 0.05) is 6.61 Å². The third-order valence-electron chi connectivity index (χ3n) is 3.64. The molecule has 8 heteroatoms. The van der Waals surface area contributed by atoms with Crippen LogP contribution in [0.1, 0.15) is 12.0 Å². The number of hydrogen-bond acceptors (Lipinski definition) is 5. The van der Waals surface area contributed by atoms with Crippen molar-refractivity contribution in [2.24, 2.45) is 0 Å². The number of halogens is 3. The van der Waals surface area contributed by atoms with Crippen molar-refractivity contribution in [3.8, 4) is 5.75 Å². The van der Waals surface area contributed by atoms with Gasteiger partial charge in [-0.25, -0.2) is 0 Å². The van der Waals surface area contributed by atoms with Crippen molar-refractivity contribution in [1.29, 1.82) is 0 Å². The maximum absolute atomic E-state index is 13.2. The van der Waals surface area contributed by atoms with Gasteiger partial charge in [0.25, 0.3) is 0 Å². The van der Waals surface area contributed by atoms with Gasteiger partial charge < -0.3 is 24.4 Å². The molecule has 0 radical (unpaired) electrons. The van der Waals surface area contributed by atoms with E-state index in [1.807, 2.05) is 0 Å². The third kappa shape index (κ3) is 4.57. The highest BCUT2D eigenvalue weighted by molar-refractivity contribution is 5.27. The molecule has 23 heavy (non-hydrogen) atoms. The van der Waals surface area contributed by atoms with Crippen molar-refractivity contribution in [3.63, 3.8) is 0 Å². The number of rotatable bonds is 5. The predicted octanol–water partition coefficient (Wildman–Crippen LogP) is 1.65. The van der Waals surface area contributed by atoms with E-state index in [1.165, 1.54) is 7.11 Å². The summed E-state index contributed by atoms with van der Waals surface area (Å²) in [5.74, 6) is 0.499. The van der Waals surface area contributed by atoms with Crippen LogP contribution in [0, 0.1) is 0 Å². The minimum Gasteiger partial charge on any atom is -0.497 e. The Hall–Kier alpha value is -1.35. The molecular weight excluding hydrogens is 317 g/mol. The van der Waals surface area contributed by atoms with Crippen molar-refractivity contribution in [1.82, 2.24) is 0 Å². The summed E-state index contributed by atoms with van der Waals surface area (Å²) >= 11 is 0. The lowest BCUT2D eigenvalue weighted by atomic mass is 9.97. The van der Waals surface area contributed by atoms with Crippen molar-refractivity contribution in [2.75, 3.05) is 13.7 Å². The van der Waals surface area contributed by atoms with Crippen molar-refractivity contribution >= 4 is 0 Å². The normalized spacial score (nSPS) is 26.8. The molecule has 1 aromatic rings. The number of methoxy groups -OCH3 is 1. The van der Waals surface area contributed by atoms with Crippen LogP contribution < -0.4 is 4.74 Å². The fraction of sp³-hybridized carbons (Fsp3) is 0.600. The van der Waals surface area contributed by atoms with E-state index < -0.39 is 30.6 Å². The molecule has 4 atom stereocenters. The molecule has 0 saturated carbocycles. The Morgan fingerprint density at radius 3 is 2.74 bits per heavy atom. The van der Waals surface area contributed by atoms with Crippen LogP contribution >= 0.6 is 0 Å². The first kappa shape index (κ1) is 18.0. The van der Waals surface area contributed by atoms with Gasteiger partial charge in [0.1, 0.15) is 18.0 Å². The van der Waals surface area contributed by atoms with Crippen LogP contribution in [-0.2, 0) is 16.1 Å². The van der Waals surface area contributed by atoms with E-state index in [4.69, 9.17) is 14.2 Å². The summed E-state index contributed by atoms with van der Waals surface area (Å²) in [6, 6.07) is 6.45. The molecule has 5 nitrogen and oxygen atoms in total. The van der Waals surface area contributed by atoms with Gasteiger partial charge in [-0.1, -0.05) is 12.1 Å². The topological polar surface area (TPSA) is 68.2 Å². The lowest BCUT2D eigenvalue weighted by Gasteiger charge is -2.37. The minimum atomic E-state index is -4.73. The van der Waals surface area contributed by atoms with Gasteiger partial charge in [0.05, 0.1) is 19.8 Å². The van der Waals surface area contributed by atoms with Gasteiger partial charge in [-0.15, -0.1) is 0 Å². The number of benzene rings is 1. The van der Waals surface area contributed by atoms with E-state index in [-0.39, 0.29) is 19.6 Å². The molecule has 0 aromatic heterocycles. The second-order valence-electron chi connectivity index (χ2n) is 5.31. The Morgan fingerprint density at radius 1 is 1.35 bits per heavy atom. The largest absolute Gasteiger partial charge is 0.497 e. The Bertz CT molecular complexity index is 508. The van der Waals surface area contributed by atoms with Crippen LogP contribution in [0.25, 0.3) is 0 Å². The molecule has 0 aliphatic carbocycles. The molecule has 2 rings (SSSR count). The van der Waals surface area contributed by atoms with Gasteiger partial charge >= 0.3 is 6.18 Å². The van der Waals surface area contributed by atoms with E-state index in [1.54, 1.807) is 24.3 Å². The van der Waals surface area contributed by atoms with Crippen LogP contribution in [0.5, 0.6) is 5.75 Å². The van der Waals surface area contributed by atoms with Crippen molar-refractivity contribution in [3.05, 3.63) is 29.8 Å². The lowest BCUT2D eigenvalue weighted by Crippen LogP contribution is -2.55. The highest BCUT2D eigenvalue weighted by atomic mass is 19.4. The van der Waals surface area contributed by atoms with Crippen LogP contribution in [0.3, 0.4) is 0 Å². The molecule has 1 aromatic carbocycles. The van der Waals surface area contributed by atoms with E-state index >= 15 is 0 Å². The van der Waals surface area contributed by atoms with Gasteiger partial charge in [-0.05, 0) is 24.1 Å². The SMILES string of the molecule is COc1cccc(CO[C@H]([C@H]2OCC[C@@H](O)[C@@H]2O)C(F)(F)F)c1. The lowest BCUT2D eigenvalue weighted by molar-refractivity contribution is -0.282. The molecule has 2 N–H and O–H groups in total. The summed E-state index contributed by atoms with van der Waals surface area (Å²) in [5, 5.41) is 19.3. The van der Waals surface area contributed by atoms with Crippen molar-refractivity contribution in [2.45, 2.75) is 43.6 Å². The molecule has 0 amide bonds. The molecule has 1 aliphatic rings. The maximum Gasteiger partial charge on any atom is 0.417 e. The molecule has 0 spiro atoms. The first-order valence-corrected chi connectivity index (χ1v) is 7.12. The number of alkyl halides is 3.